The predicted molar refractivity (Wildman–Crippen MR) is 112 cm³/mol. The fourth-order valence-corrected chi connectivity index (χ4v) is 3.04. The molecule has 156 valence electrons. The molecule has 0 atom stereocenters. The molecule has 0 bridgehead atoms. The molecule has 1 aromatic heterocycles. The van der Waals surface area contributed by atoms with Crippen molar-refractivity contribution in [1.82, 2.24) is 10.3 Å². The first-order valence-electron chi connectivity index (χ1n) is 9.80. The summed E-state index contributed by atoms with van der Waals surface area (Å²) in [6.45, 7) is 9.26. The third-order valence-electron chi connectivity index (χ3n) is 4.35. The molecule has 0 spiro atoms. The number of anilines is 1. The van der Waals surface area contributed by atoms with Crippen molar-refractivity contribution in [3.63, 3.8) is 0 Å². The van der Waals surface area contributed by atoms with Crippen molar-refractivity contribution < 1.29 is 19.1 Å². The number of ether oxygens (including phenoxy) is 1. The normalized spacial score (nSPS) is 10.7. The van der Waals surface area contributed by atoms with Crippen molar-refractivity contribution in [2.45, 2.75) is 60.1 Å². The molecule has 0 aliphatic rings. The van der Waals surface area contributed by atoms with Crippen LogP contribution in [0.25, 0.3) is 0 Å². The van der Waals surface area contributed by atoms with Gasteiger partial charge in [-0.2, -0.15) is 0 Å². The van der Waals surface area contributed by atoms with Gasteiger partial charge in [-0.3, -0.25) is 9.59 Å². The zero-order valence-electron chi connectivity index (χ0n) is 17.6. The zero-order valence-corrected chi connectivity index (χ0v) is 17.6. The summed E-state index contributed by atoms with van der Waals surface area (Å²) in [6.07, 6.45) is 1.01. The van der Waals surface area contributed by atoms with E-state index in [0.29, 0.717) is 41.2 Å². The number of aryl methyl sites for hydroxylation is 1. The largest absolute Gasteiger partial charge is 0.459 e. The minimum atomic E-state index is -0.444. The summed E-state index contributed by atoms with van der Waals surface area (Å²) in [5.74, 6) is -0.789. The molecule has 7 nitrogen and oxygen atoms in total. The second-order valence-corrected chi connectivity index (χ2v) is 7.26. The number of aromatic amines is 1. The van der Waals surface area contributed by atoms with E-state index in [-0.39, 0.29) is 17.9 Å². The third-order valence-corrected chi connectivity index (χ3v) is 4.35. The summed E-state index contributed by atoms with van der Waals surface area (Å²) in [6, 6.07) is 7.33. The predicted octanol–water partition coefficient (Wildman–Crippen LogP) is 3.87. The maximum absolute atomic E-state index is 12.6. The minimum absolute atomic E-state index is 0.0352. The molecule has 3 N–H and O–H groups in total. The van der Waals surface area contributed by atoms with Crippen LogP contribution >= 0.6 is 0 Å². The smallest absolute Gasteiger partial charge is 0.340 e. The van der Waals surface area contributed by atoms with Crippen LogP contribution in [0.1, 0.15) is 71.3 Å². The number of H-pyrrole nitrogens is 1. The maximum Gasteiger partial charge on any atom is 0.340 e. The lowest BCUT2D eigenvalue weighted by molar-refractivity contribution is -0.116. The van der Waals surface area contributed by atoms with Crippen LogP contribution < -0.4 is 10.6 Å². The molecule has 29 heavy (non-hydrogen) atoms. The van der Waals surface area contributed by atoms with Crippen molar-refractivity contribution in [2.75, 3.05) is 5.32 Å². The Morgan fingerprint density at radius 2 is 1.90 bits per heavy atom. The molecule has 0 radical (unpaired) electrons. The molecule has 2 amide bonds. The Morgan fingerprint density at radius 1 is 1.17 bits per heavy atom. The molecule has 1 aromatic carbocycles. The number of nitrogens with one attached hydrogen (secondary N) is 3. The van der Waals surface area contributed by atoms with E-state index >= 15 is 0 Å². The molecule has 0 saturated heterocycles. The second kappa shape index (κ2) is 9.91. The number of esters is 1. The second-order valence-electron chi connectivity index (χ2n) is 7.26. The average Bonchev–Trinajstić information content (AvgIpc) is 2.94. The number of carbonyl (C=O) groups is 3. The number of benzene rings is 1. The van der Waals surface area contributed by atoms with Gasteiger partial charge in [0.2, 0.25) is 5.91 Å². The standard InChI is InChI=1S/C22H29N3O4/c1-6-8-18(26)25-17-10-7-9-16(11-17)12-23-21(27)20-14(4)19(15(5)24-20)22(28)29-13(2)3/h7,9-11,13,24H,6,8,12H2,1-5H3,(H,23,27)(H,25,26). The van der Waals surface area contributed by atoms with Crippen LogP contribution in [0.3, 0.4) is 0 Å². The van der Waals surface area contributed by atoms with Crippen LogP contribution in [-0.2, 0) is 16.1 Å². The van der Waals surface area contributed by atoms with Crippen LogP contribution in [0.4, 0.5) is 5.69 Å². The molecular formula is C22H29N3O4. The van der Waals surface area contributed by atoms with Crippen molar-refractivity contribution in [1.29, 1.82) is 0 Å². The number of hydrogen-bond donors (Lipinski definition) is 3. The highest BCUT2D eigenvalue weighted by atomic mass is 16.5. The summed E-state index contributed by atoms with van der Waals surface area (Å²) in [5, 5.41) is 5.69. The quantitative estimate of drug-likeness (QED) is 0.587. The molecule has 0 unspecified atom stereocenters. The lowest BCUT2D eigenvalue weighted by Gasteiger charge is -2.09. The highest BCUT2D eigenvalue weighted by molar-refractivity contribution is 6.00. The molecule has 0 saturated carbocycles. The van der Waals surface area contributed by atoms with Crippen LogP contribution in [0.15, 0.2) is 24.3 Å². The topological polar surface area (TPSA) is 100 Å². The first-order chi connectivity index (χ1) is 13.7. The van der Waals surface area contributed by atoms with E-state index in [4.69, 9.17) is 4.74 Å². The van der Waals surface area contributed by atoms with Crippen molar-refractivity contribution >= 4 is 23.5 Å². The van der Waals surface area contributed by atoms with E-state index < -0.39 is 5.97 Å². The van der Waals surface area contributed by atoms with Gasteiger partial charge in [0.1, 0.15) is 5.69 Å². The molecular weight excluding hydrogens is 370 g/mol. The highest BCUT2D eigenvalue weighted by Crippen LogP contribution is 2.20. The average molecular weight is 399 g/mol. The van der Waals surface area contributed by atoms with E-state index in [2.05, 4.69) is 15.6 Å². The molecule has 2 rings (SSSR count). The number of hydrogen-bond acceptors (Lipinski definition) is 4. The van der Waals surface area contributed by atoms with Crippen LogP contribution in [-0.4, -0.2) is 28.9 Å². The fraction of sp³-hybridized carbons (Fsp3) is 0.409. The van der Waals surface area contributed by atoms with E-state index in [1.807, 2.05) is 31.2 Å². The van der Waals surface area contributed by atoms with Gasteiger partial charge in [0, 0.05) is 24.3 Å². The van der Waals surface area contributed by atoms with E-state index in [9.17, 15) is 14.4 Å². The third kappa shape index (κ3) is 5.94. The van der Waals surface area contributed by atoms with Gasteiger partial charge in [-0.25, -0.2) is 4.79 Å². The van der Waals surface area contributed by atoms with Gasteiger partial charge in [0.05, 0.1) is 11.7 Å². The van der Waals surface area contributed by atoms with Crippen LogP contribution in [0.2, 0.25) is 0 Å². The van der Waals surface area contributed by atoms with Crippen molar-refractivity contribution in [3.8, 4) is 0 Å². The Kier molecular flexibility index (Phi) is 7.59. The molecule has 0 aliphatic carbocycles. The van der Waals surface area contributed by atoms with Crippen molar-refractivity contribution in [3.05, 3.63) is 52.3 Å². The Morgan fingerprint density at radius 3 is 2.55 bits per heavy atom. The summed E-state index contributed by atoms with van der Waals surface area (Å²) >= 11 is 0. The SMILES string of the molecule is CCCC(=O)Nc1cccc(CNC(=O)c2[nH]c(C)c(C(=O)OC(C)C)c2C)c1. The van der Waals surface area contributed by atoms with Gasteiger partial charge < -0.3 is 20.4 Å². The number of aromatic nitrogens is 1. The fourth-order valence-electron chi connectivity index (χ4n) is 3.04. The van der Waals surface area contributed by atoms with Gasteiger partial charge >= 0.3 is 5.97 Å². The van der Waals surface area contributed by atoms with E-state index in [1.54, 1.807) is 27.7 Å². The van der Waals surface area contributed by atoms with Gasteiger partial charge in [-0.15, -0.1) is 0 Å². The van der Waals surface area contributed by atoms with Gasteiger partial charge in [0.15, 0.2) is 0 Å². The summed E-state index contributed by atoms with van der Waals surface area (Å²) in [4.78, 5) is 39.6. The minimum Gasteiger partial charge on any atom is -0.459 e. The molecule has 0 aliphatic heterocycles. The Hall–Kier alpha value is -3.09. The van der Waals surface area contributed by atoms with Crippen molar-refractivity contribution in [2.24, 2.45) is 0 Å². The van der Waals surface area contributed by atoms with Gasteiger partial charge in [0.25, 0.3) is 5.91 Å². The Labute approximate surface area is 171 Å². The molecule has 0 fully saturated rings. The first-order valence-corrected chi connectivity index (χ1v) is 9.80. The summed E-state index contributed by atoms with van der Waals surface area (Å²) in [5.41, 5.74) is 3.44. The molecule has 1 heterocycles. The lowest BCUT2D eigenvalue weighted by atomic mass is 10.1. The maximum atomic E-state index is 12.6. The molecule has 7 heteroatoms. The van der Waals surface area contributed by atoms with Crippen LogP contribution in [0, 0.1) is 13.8 Å². The lowest BCUT2D eigenvalue weighted by Crippen LogP contribution is -2.24. The summed E-state index contributed by atoms with van der Waals surface area (Å²) in [7, 11) is 0. The number of amides is 2. The molecule has 2 aromatic rings. The first kappa shape index (κ1) is 22.2. The highest BCUT2D eigenvalue weighted by Gasteiger charge is 2.23. The van der Waals surface area contributed by atoms with Gasteiger partial charge in [-0.1, -0.05) is 19.1 Å². The Bertz CT molecular complexity index is 899. The van der Waals surface area contributed by atoms with Gasteiger partial charge in [-0.05, 0) is 57.4 Å². The van der Waals surface area contributed by atoms with Crippen LogP contribution in [0.5, 0.6) is 0 Å². The van der Waals surface area contributed by atoms with E-state index in [0.717, 1.165) is 12.0 Å². The monoisotopic (exact) mass is 399 g/mol. The van der Waals surface area contributed by atoms with E-state index in [1.165, 1.54) is 0 Å². The number of carbonyl (C=O) groups excluding carboxylic acids is 3. The number of rotatable bonds is 8. The zero-order chi connectivity index (χ0) is 21.6. The Balaban J connectivity index is 2.06. The summed E-state index contributed by atoms with van der Waals surface area (Å²) < 4.78 is 5.26.